The summed E-state index contributed by atoms with van der Waals surface area (Å²) in [5.41, 5.74) is 5.76. The fourth-order valence-corrected chi connectivity index (χ4v) is 1.53. The molecule has 0 aromatic carbocycles. The maximum Gasteiger partial charge on any atom is 0.172 e. The zero-order valence-electron chi connectivity index (χ0n) is 8.56. The number of hydrogen-bond acceptors (Lipinski definition) is 4. The van der Waals surface area contributed by atoms with Crippen LogP contribution in [0, 0.1) is 18.3 Å². The minimum atomic E-state index is 0.452. The summed E-state index contributed by atoms with van der Waals surface area (Å²) in [6.45, 7) is 1.48. The number of nitrogens with two attached hydrogens (primary N) is 1. The first-order valence-corrected chi connectivity index (χ1v) is 5.06. The molecule has 2 N–H and O–H groups in total. The predicted octanol–water partition coefficient (Wildman–Crippen LogP) is 0.908. The highest BCUT2D eigenvalue weighted by atomic mass is 15.2. The van der Waals surface area contributed by atoms with Crippen molar-refractivity contribution in [3.63, 3.8) is 0 Å². The number of terminal acetylenes is 1. The van der Waals surface area contributed by atoms with Gasteiger partial charge in [0.15, 0.2) is 11.6 Å². The molecule has 0 amide bonds. The number of aromatic nitrogens is 2. The molecule has 1 aliphatic carbocycles. The quantitative estimate of drug-likeness (QED) is 0.737. The minimum absolute atomic E-state index is 0.452. The predicted molar refractivity (Wildman–Crippen MR) is 60.2 cm³/mol. The van der Waals surface area contributed by atoms with E-state index >= 15 is 0 Å². The molecule has 4 heteroatoms. The third-order valence-corrected chi connectivity index (χ3v) is 2.46. The molecule has 1 fully saturated rings. The Bertz CT molecular complexity index is 378. The van der Waals surface area contributed by atoms with Gasteiger partial charge in [0.1, 0.15) is 0 Å². The fraction of sp³-hybridized carbons (Fsp3) is 0.455. The van der Waals surface area contributed by atoms with Crippen LogP contribution in [0.1, 0.15) is 12.8 Å². The van der Waals surface area contributed by atoms with E-state index in [9.17, 15) is 0 Å². The second-order valence-corrected chi connectivity index (χ2v) is 3.79. The summed E-state index contributed by atoms with van der Waals surface area (Å²) in [7, 11) is 0. The second-order valence-electron chi connectivity index (χ2n) is 3.79. The summed E-state index contributed by atoms with van der Waals surface area (Å²) in [5, 5.41) is 0. The van der Waals surface area contributed by atoms with Gasteiger partial charge in [0.25, 0.3) is 0 Å². The maximum atomic E-state index is 5.76. The van der Waals surface area contributed by atoms with Gasteiger partial charge in [-0.05, 0) is 18.8 Å². The van der Waals surface area contributed by atoms with Crippen molar-refractivity contribution in [2.75, 3.05) is 23.7 Å². The van der Waals surface area contributed by atoms with Crippen LogP contribution in [0.25, 0.3) is 0 Å². The summed E-state index contributed by atoms with van der Waals surface area (Å²) in [6, 6.07) is 0. The molecule has 0 aliphatic heterocycles. The highest BCUT2D eigenvalue weighted by molar-refractivity contribution is 5.57. The molecule has 1 aromatic rings. The van der Waals surface area contributed by atoms with Crippen molar-refractivity contribution >= 4 is 11.6 Å². The SMILES string of the molecule is C#CCN(CC1CC1)c1nccnc1N. The van der Waals surface area contributed by atoms with E-state index in [1.165, 1.54) is 12.8 Å². The number of rotatable bonds is 4. The molecule has 0 bridgehead atoms. The van der Waals surface area contributed by atoms with E-state index in [1.54, 1.807) is 12.4 Å². The average Bonchev–Trinajstić information content (AvgIpc) is 3.02. The molecule has 0 atom stereocenters. The van der Waals surface area contributed by atoms with Gasteiger partial charge >= 0.3 is 0 Å². The molecule has 0 spiro atoms. The van der Waals surface area contributed by atoms with E-state index < -0.39 is 0 Å². The van der Waals surface area contributed by atoms with Gasteiger partial charge in [0, 0.05) is 18.9 Å². The molecule has 1 saturated carbocycles. The standard InChI is InChI=1S/C11H14N4/c1-2-7-15(8-9-3-4-9)11-10(12)13-5-6-14-11/h1,5-6,9H,3-4,7-8H2,(H2,12,13). The smallest absolute Gasteiger partial charge is 0.172 e. The van der Waals surface area contributed by atoms with Gasteiger partial charge in [0.05, 0.1) is 6.54 Å². The summed E-state index contributed by atoms with van der Waals surface area (Å²) >= 11 is 0. The topological polar surface area (TPSA) is 55.0 Å². The van der Waals surface area contributed by atoms with Crippen molar-refractivity contribution in [1.82, 2.24) is 9.97 Å². The lowest BCUT2D eigenvalue weighted by Crippen LogP contribution is -2.28. The fourth-order valence-electron chi connectivity index (χ4n) is 1.53. The van der Waals surface area contributed by atoms with E-state index in [1.807, 2.05) is 4.90 Å². The first-order valence-electron chi connectivity index (χ1n) is 5.06. The molecule has 78 valence electrons. The largest absolute Gasteiger partial charge is 0.381 e. The molecular formula is C11H14N4. The molecule has 1 aliphatic rings. The Kier molecular flexibility index (Phi) is 2.72. The van der Waals surface area contributed by atoms with Gasteiger partial charge in [-0.3, -0.25) is 0 Å². The van der Waals surface area contributed by atoms with Gasteiger partial charge in [-0.1, -0.05) is 5.92 Å². The van der Waals surface area contributed by atoms with Crippen LogP contribution in [-0.4, -0.2) is 23.1 Å². The molecule has 1 aromatic heterocycles. The zero-order valence-corrected chi connectivity index (χ0v) is 8.56. The molecule has 0 saturated heterocycles. The molecule has 2 rings (SSSR count). The van der Waals surface area contributed by atoms with E-state index in [2.05, 4.69) is 15.9 Å². The summed E-state index contributed by atoms with van der Waals surface area (Å²) in [6.07, 6.45) is 11.1. The Morgan fingerprint density at radius 3 is 2.80 bits per heavy atom. The highest BCUT2D eigenvalue weighted by Gasteiger charge is 2.25. The van der Waals surface area contributed by atoms with Crippen LogP contribution in [0.5, 0.6) is 0 Å². The van der Waals surface area contributed by atoms with Crippen LogP contribution in [0.2, 0.25) is 0 Å². The Morgan fingerprint density at radius 2 is 2.20 bits per heavy atom. The zero-order chi connectivity index (χ0) is 10.7. The number of hydrogen-bond donors (Lipinski definition) is 1. The van der Waals surface area contributed by atoms with Crippen molar-refractivity contribution in [2.24, 2.45) is 5.92 Å². The van der Waals surface area contributed by atoms with Crippen LogP contribution in [0.4, 0.5) is 11.6 Å². The van der Waals surface area contributed by atoms with Crippen LogP contribution in [-0.2, 0) is 0 Å². The summed E-state index contributed by atoms with van der Waals surface area (Å²) in [4.78, 5) is 10.3. The molecule has 0 unspecified atom stereocenters. The maximum absolute atomic E-state index is 5.76. The second kappa shape index (κ2) is 4.18. The van der Waals surface area contributed by atoms with Crippen LogP contribution < -0.4 is 10.6 Å². The molecule has 4 nitrogen and oxygen atoms in total. The molecular weight excluding hydrogens is 188 g/mol. The van der Waals surface area contributed by atoms with Gasteiger partial charge in [-0.15, -0.1) is 6.42 Å². The van der Waals surface area contributed by atoms with Gasteiger partial charge in [-0.2, -0.15) is 0 Å². The lowest BCUT2D eigenvalue weighted by atomic mass is 10.3. The van der Waals surface area contributed by atoms with E-state index in [4.69, 9.17) is 12.2 Å². The first kappa shape index (κ1) is 9.78. The summed E-state index contributed by atoms with van der Waals surface area (Å²) in [5.74, 6) is 4.54. The van der Waals surface area contributed by atoms with Crippen LogP contribution in [0.15, 0.2) is 12.4 Å². The van der Waals surface area contributed by atoms with E-state index in [0.717, 1.165) is 12.5 Å². The number of nitrogen functional groups attached to an aromatic ring is 1. The van der Waals surface area contributed by atoms with Crippen molar-refractivity contribution in [2.45, 2.75) is 12.8 Å². The third kappa shape index (κ3) is 2.38. The molecule has 1 heterocycles. The Balaban J connectivity index is 2.15. The highest BCUT2D eigenvalue weighted by Crippen LogP contribution is 2.31. The monoisotopic (exact) mass is 202 g/mol. The van der Waals surface area contributed by atoms with Crippen molar-refractivity contribution in [3.05, 3.63) is 12.4 Å². The van der Waals surface area contributed by atoms with Gasteiger partial charge < -0.3 is 10.6 Å². The number of nitrogens with zero attached hydrogens (tertiary/aromatic N) is 3. The van der Waals surface area contributed by atoms with Crippen LogP contribution >= 0.6 is 0 Å². The van der Waals surface area contributed by atoms with E-state index in [-0.39, 0.29) is 0 Å². The number of anilines is 2. The lowest BCUT2D eigenvalue weighted by molar-refractivity contribution is 0.754. The normalized spacial score (nSPS) is 14.6. The van der Waals surface area contributed by atoms with Gasteiger partial charge in [-0.25, -0.2) is 9.97 Å². The Hall–Kier alpha value is -1.76. The van der Waals surface area contributed by atoms with Crippen molar-refractivity contribution < 1.29 is 0 Å². The van der Waals surface area contributed by atoms with Crippen molar-refractivity contribution in [1.29, 1.82) is 0 Å². The van der Waals surface area contributed by atoms with Gasteiger partial charge in [0.2, 0.25) is 0 Å². The minimum Gasteiger partial charge on any atom is -0.381 e. The molecule has 0 radical (unpaired) electrons. The summed E-state index contributed by atoms with van der Waals surface area (Å²) < 4.78 is 0. The van der Waals surface area contributed by atoms with Crippen molar-refractivity contribution in [3.8, 4) is 12.3 Å². The first-order chi connectivity index (χ1) is 7.31. The molecule has 15 heavy (non-hydrogen) atoms. The lowest BCUT2D eigenvalue weighted by Gasteiger charge is -2.21. The van der Waals surface area contributed by atoms with E-state index in [0.29, 0.717) is 18.2 Å². The average molecular weight is 202 g/mol. The van der Waals surface area contributed by atoms with Crippen LogP contribution in [0.3, 0.4) is 0 Å². The third-order valence-electron chi connectivity index (χ3n) is 2.46. The Labute approximate surface area is 89.5 Å². The Morgan fingerprint density at radius 1 is 1.47 bits per heavy atom.